The summed E-state index contributed by atoms with van der Waals surface area (Å²) in [5.74, 6) is 0.585. The van der Waals surface area contributed by atoms with Crippen LogP contribution in [0.2, 0.25) is 0 Å². The van der Waals surface area contributed by atoms with Gasteiger partial charge in [-0.2, -0.15) is 0 Å². The highest BCUT2D eigenvalue weighted by Crippen LogP contribution is 2.26. The molecule has 0 fully saturated rings. The molecule has 1 aromatic heterocycles. The highest BCUT2D eigenvalue weighted by Gasteiger charge is 2.17. The molecule has 0 saturated carbocycles. The number of carbonyl (C=O) groups excluding carboxylic acids is 1. The first-order valence-electron chi connectivity index (χ1n) is 6.18. The molecule has 0 aliphatic heterocycles. The first-order chi connectivity index (χ1) is 8.76. The third kappa shape index (κ3) is 7.37. The van der Waals surface area contributed by atoms with Crippen LogP contribution in [-0.2, 0) is 9.53 Å². The second-order valence-corrected chi connectivity index (χ2v) is 7.72. The first kappa shape index (κ1) is 16.2. The average molecular weight is 303 g/mol. The third-order valence-electron chi connectivity index (χ3n) is 1.80. The van der Waals surface area contributed by atoms with Gasteiger partial charge in [0, 0.05) is 6.54 Å². The lowest BCUT2D eigenvalue weighted by molar-refractivity contribution is -0.151. The number of nitrogens with zero attached hydrogens (tertiary/aromatic N) is 2. The molecule has 1 aromatic rings. The molecule has 1 rings (SSSR count). The van der Waals surface area contributed by atoms with E-state index < -0.39 is 5.60 Å². The Hall–Kier alpha value is -0.820. The van der Waals surface area contributed by atoms with E-state index in [1.807, 2.05) is 20.8 Å². The molecule has 0 aliphatic rings. The van der Waals surface area contributed by atoms with Crippen molar-refractivity contribution in [1.82, 2.24) is 10.2 Å². The summed E-state index contributed by atoms with van der Waals surface area (Å²) in [4.78, 5) is 11.6. The minimum atomic E-state index is -0.442. The number of anilines is 1. The summed E-state index contributed by atoms with van der Waals surface area (Å²) in [6.07, 6.45) is 0. The van der Waals surface area contributed by atoms with Crippen LogP contribution < -0.4 is 5.32 Å². The quantitative estimate of drug-likeness (QED) is 0.644. The number of ether oxygens (including phenoxy) is 1. The van der Waals surface area contributed by atoms with Crippen molar-refractivity contribution in [1.29, 1.82) is 0 Å². The van der Waals surface area contributed by atoms with E-state index in [1.165, 1.54) is 23.1 Å². The number of hydrogen-bond donors (Lipinski definition) is 1. The Labute approximate surface area is 122 Å². The summed E-state index contributed by atoms with van der Waals surface area (Å²) in [5, 5.41) is 12.0. The van der Waals surface area contributed by atoms with Crippen LogP contribution in [0.15, 0.2) is 4.34 Å². The molecule has 0 aromatic carbocycles. The van der Waals surface area contributed by atoms with E-state index in [0.717, 1.165) is 16.0 Å². The number of rotatable bonds is 6. The monoisotopic (exact) mass is 303 g/mol. The van der Waals surface area contributed by atoms with E-state index >= 15 is 0 Å². The lowest BCUT2D eigenvalue weighted by atomic mass is 10.2. The zero-order valence-electron chi connectivity index (χ0n) is 12.0. The standard InChI is InChI=1S/C12H21N3O2S2/c1-8(2)6-13-10-14-15-11(19-10)18-7-9(16)17-12(3,4)5/h8H,6-7H2,1-5H3,(H,13,14). The molecule has 0 atom stereocenters. The molecular weight excluding hydrogens is 282 g/mol. The van der Waals surface area contributed by atoms with E-state index in [4.69, 9.17) is 4.74 Å². The fourth-order valence-corrected chi connectivity index (χ4v) is 2.65. The van der Waals surface area contributed by atoms with Crippen LogP contribution in [0, 0.1) is 5.92 Å². The van der Waals surface area contributed by atoms with Gasteiger partial charge in [-0.25, -0.2) is 0 Å². The highest BCUT2D eigenvalue weighted by molar-refractivity contribution is 8.01. The summed E-state index contributed by atoms with van der Waals surface area (Å²) in [6.45, 7) is 10.7. The fourth-order valence-electron chi connectivity index (χ4n) is 1.12. The second-order valence-electron chi connectivity index (χ2n) is 5.52. The molecule has 108 valence electrons. The van der Waals surface area contributed by atoms with Crippen LogP contribution in [0.5, 0.6) is 0 Å². The van der Waals surface area contributed by atoms with Crippen molar-refractivity contribution < 1.29 is 9.53 Å². The Morgan fingerprint density at radius 3 is 2.68 bits per heavy atom. The van der Waals surface area contributed by atoms with Gasteiger partial charge >= 0.3 is 5.97 Å². The van der Waals surface area contributed by atoms with Crippen molar-refractivity contribution in [3.05, 3.63) is 0 Å². The Morgan fingerprint density at radius 2 is 2.11 bits per heavy atom. The SMILES string of the molecule is CC(C)CNc1nnc(SCC(=O)OC(C)(C)C)s1. The van der Waals surface area contributed by atoms with Gasteiger partial charge in [-0.15, -0.1) is 10.2 Å². The summed E-state index contributed by atoms with van der Waals surface area (Å²) >= 11 is 2.81. The summed E-state index contributed by atoms with van der Waals surface area (Å²) < 4.78 is 6.00. The predicted octanol–water partition coefficient (Wildman–Crippen LogP) is 3.04. The van der Waals surface area contributed by atoms with Gasteiger partial charge in [0.15, 0.2) is 4.34 Å². The molecule has 0 spiro atoms. The van der Waals surface area contributed by atoms with Gasteiger partial charge in [-0.3, -0.25) is 4.79 Å². The topological polar surface area (TPSA) is 64.1 Å². The van der Waals surface area contributed by atoms with Crippen LogP contribution in [-0.4, -0.2) is 34.1 Å². The highest BCUT2D eigenvalue weighted by atomic mass is 32.2. The third-order valence-corrected chi connectivity index (χ3v) is 3.79. The van der Waals surface area contributed by atoms with Crippen molar-refractivity contribution in [3.63, 3.8) is 0 Å². The van der Waals surface area contributed by atoms with Crippen LogP contribution in [0.25, 0.3) is 0 Å². The number of hydrogen-bond acceptors (Lipinski definition) is 7. The van der Waals surface area contributed by atoms with E-state index in [-0.39, 0.29) is 11.7 Å². The predicted molar refractivity (Wildman–Crippen MR) is 79.8 cm³/mol. The minimum Gasteiger partial charge on any atom is -0.459 e. The largest absolute Gasteiger partial charge is 0.459 e. The molecular formula is C12H21N3O2S2. The fraction of sp³-hybridized carbons (Fsp3) is 0.750. The zero-order valence-corrected chi connectivity index (χ0v) is 13.7. The Balaban J connectivity index is 2.36. The van der Waals surface area contributed by atoms with Crippen molar-refractivity contribution in [2.75, 3.05) is 17.6 Å². The number of thioether (sulfide) groups is 1. The smallest absolute Gasteiger partial charge is 0.316 e. The Bertz CT molecular complexity index is 413. The van der Waals surface area contributed by atoms with Crippen LogP contribution in [0.4, 0.5) is 5.13 Å². The van der Waals surface area contributed by atoms with Gasteiger partial charge in [-0.1, -0.05) is 36.9 Å². The number of nitrogens with one attached hydrogen (secondary N) is 1. The van der Waals surface area contributed by atoms with Gasteiger partial charge in [0.05, 0.1) is 5.75 Å². The molecule has 1 N–H and O–H groups in total. The van der Waals surface area contributed by atoms with E-state index in [1.54, 1.807) is 0 Å². The number of esters is 1. The Morgan fingerprint density at radius 1 is 1.42 bits per heavy atom. The van der Waals surface area contributed by atoms with Crippen molar-refractivity contribution in [3.8, 4) is 0 Å². The normalized spacial score (nSPS) is 11.7. The van der Waals surface area contributed by atoms with Crippen molar-refractivity contribution in [2.45, 2.75) is 44.6 Å². The molecule has 5 nitrogen and oxygen atoms in total. The van der Waals surface area contributed by atoms with Crippen LogP contribution >= 0.6 is 23.1 Å². The molecule has 0 amide bonds. The first-order valence-corrected chi connectivity index (χ1v) is 7.98. The van der Waals surface area contributed by atoms with E-state index in [9.17, 15) is 4.79 Å². The van der Waals surface area contributed by atoms with E-state index in [0.29, 0.717) is 5.92 Å². The number of aromatic nitrogens is 2. The molecule has 7 heteroatoms. The molecule has 19 heavy (non-hydrogen) atoms. The van der Waals surface area contributed by atoms with Crippen molar-refractivity contribution >= 4 is 34.2 Å². The van der Waals surface area contributed by atoms with Gasteiger partial charge in [0.25, 0.3) is 0 Å². The van der Waals surface area contributed by atoms with Gasteiger partial charge in [-0.05, 0) is 26.7 Å². The summed E-state index contributed by atoms with van der Waals surface area (Å²) in [6, 6.07) is 0. The lowest BCUT2D eigenvalue weighted by Crippen LogP contribution is -2.24. The maximum Gasteiger partial charge on any atom is 0.316 e. The zero-order chi connectivity index (χ0) is 14.5. The maximum absolute atomic E-state index is 11.6. The average Bonchev–Trinajstić information content (AvgIpc) is 2.69. The Kier molecular flexibility index (Phi) is 6.06. The molecule has 0 bridgehead atoms. The summed E-state index contributed by atoms with van der Waals surface area (Å²) in [5.41, 5.74) is -0.442. The van der Waals surface area contributed by atoms with Gasteiger partial charge in [0.1, 0.15) is 5.60 Å². The summed E-state index contributed by atoms with van der Waals surface area (Å²) in [7, 11) is 0. The number of carbonyl (C=O) groups is 1. The van der Waals surface area contributed by atoms with Crippen LogP contribution in [0.3, 0.4) is 0 Å². The second kappa shape index (κ2) is 7.09. The van der Waals surface area contributed by atoms with Gasteiger partial charge in [0.2, 0.25) is 5.13 Å². The van der Waals surface area contributed by atoms with E-state index in [2.05, 4.69) is 29.4 Å². The minimum absolute atomic E-state index is 0.232. The molecule has 0 unspecified atom stereocenters. The molecule has 0 radical (unpaired) electrons. The molecule has 1 heterocycles. The molecule has 0 saturated heterocycles. The maximum atomic E-state index is 11.6. The molecule has 0 aliphatic carbocycles. The van der Waals surface area contributed by atoms with Crippen molar-refractivity contribution in [2.24, 2.45) is 5.92 Å². The van der Waals surface area contributed by atoms with Gasteiger partial charge < -0.3 is 10.1 Å². The lowest BCUT2D eigenvalue weighted by Gasteiger charge is -2.18. The van der Waals surface area contributed by atoms with Crippen LogP contribution in [0.1, 0.15) is 34.6 Å².